The molecule has 0 aliphatic heterocycles. The molecule has 2 rings (SSSR count). The van der Waals surface area contributed by atoms with Crippen LogP contribution in [0.25, 0.3) is 0 Å². The monoisotopic (exact) mass is 232 g/mol. The Kier molecular flexibility index (Phi) is 3.44. The molecule has 17 heavy (non-hydrogen) atoms. The highest BCUT2D eigenvalue weighted by molar-refractivity contribution is 5.21. The van der Waals surface area contributed by atoms with Gasteiger partial charge in [0.15, 0.2) is 6.54 Å². The van der Waals surface area contributed by atoms with Crippen LogP contribution in [0.3, 0.4) is 0 Å². The lowest BCUT2D eigenvalue weighted by Gasteiger charge is -1.94. The molecule has 6 heteroatoms. The standard InChI is InChI=1S/C11H12N4O2/c1-9-11(12-13-16)17-14-15(9)8-7-10-5-3-2-4-6-10/h2-6H,7-8H2,1H3. The highest BCUT2D eigenvalue weighted by atomic mass is 16.5. The first-order chi connectivity index (χ1) is 8.31. The largest absolute Gasteiger partial charge is 0.775 e. The smallest absolute Gasteiger partial charge is 0.342 e. The van der Waals surface area contributed by atoms with Gasteiger partial charge in [0, 0.05) is 13.3 Å². The zero-order valence-electron chi connectivity index (χ0n) is 9.41. The van der Waals surface area contributed by atoms with E-state index >= 15 is 0 Å². The van der Waals surface area contributed by atoms with Crippen molar-refractivity contribution >= 4 is 5.88 Å². The molecule has 0 saturated carbocycles. The van der Waals surface area contributed by atoms with Crippen molar-refractivity contribution in [2.75, 3.05) is 0 Å². The number of rotatable bonds is 4. The third kappa shape index (κ3) is 2.66. The van der Waals surface area contributed by atoms with Crippen molar-refractivity contribution in [3.8, 4) is 0 Å². The zero-order chi connectivity index (χ0) is 12.1. The fraction of sp³-hybridized carbons (Fsp3) is 0.273. The summed E-state index contributed by atoms with van der Waals surface area (Å²) in [6.45, 7) is 2.46. The van der Waals surface area contributed by atoms with E-state index in [0.717, 1.165) is 6.42 Å². The average Bonchev–Trinajstić information content (AvgIpc) is 2.70. The number of aryl methyl sites for hydroxylation is 2. The van der Waals surface area contributed by atoms with Gasteiger partial charge in [0.2, 0.25) is 5.27 Å². The van der Waals surface area contributed by atoms with Crippen LogP contribution in [0.4, 0.5) is 5.88 Å². The maximum absolute atomic E-state index is 10.0. The van der Waals surface area contributed by atoms with Crippen molar-refractivity contribution in [2.45, 2.75) is 19.9 Å². The second-order valence-corrected chi connectivity index (χ2v) is 3.60. The summed E-state index contributed by atoms with van der Waals surface area (Å²) in [5.41, 5.74) is 1.91. The molecule has 0 unspecified atom stereocenters. The summed E-state index contributed by atoms with van der Waals surface area (Å²) >= 11 is 0. The van der Waals surface area contributed by atoms with E-state index in [9.17, 15) is 5.21 Å². The fourth-order valence-corrected chi connectivity index (χ4v) is 1.54. The van der Waals surface area contributed by atoms with Crippen molar-refractivity contribution in [1.82, 2.24) is 5.27 Å². The third-order valence-corrected chi connectivity index (χ3v) is 2.51. The van der Waals surface area contributed by atoms with Gasteiger partial charge >= 0.3 is 5.88 Å². The van der Waals surface area contributed by atoms with Crippen LogP contribution in [-0.4, -0.2) is 5.27 Å². The van der Waals surface area contributed by atoms with Crippen molar-refractivity contribution in [3.63, 3.8) is 0 Å². The Morgan fingerprint density at radius 2 is 2.12 bits per heavy atom. The molecule has 0 bridgehead atoms. The molecule has 0 N–H and O–H groups in total. The van der Waals surface area contributed by atoms with Crippen LogP contribution < -0.4 is 4.68 Å². The molecule has 88 valence electrons. The molecule has 0 radical (unpaired) electrons. The molecule has 6 nitrogen and oxygen atoms in total. The lowest BCUT2D eigenvalue weighted by atomic mass is 10.1. The van der Waals surface area contributed by atoms with E-state index in [1.807, 2.05) is 30.3 Å². The van der Waals surface area contributed by atoms with E-state index < -0.39 is 0 Å². The van der Waals surface area contributed by atoms with E-state index in [2.05, 4.69) is 15.7 Å². The summed E-state index contributed by atoms with van der Waals surface area (Å²) in [5, 5.41) is 19.5. The van der Waals surface area contributed by atoms with Crippen LogP contribution in [0, 0.1) is 12.1 Å². The molecule has 0 amide bonds. The molecule has 0 aliphatic rings. The van der Waals surface area contributed by atoms with Crippen molar-refractivity contribution in [3.05, 3.63) is 46.8 Å². The Hall–Kier alpha value is -2.24. The lowest BCUT2D eigenvalue weighted by Crippen LogP contribution is -2.39. The van der Waals surface area contributed by atoms with Crippen molar-refractivity contribution in [1.29, 1.82) is 0 Å². The van der Waals surface area contributed by atoms with Crippen LogP contribution in [0.2, 0.25) is 0 Å². The molecular weight excluding hydrogens is 220 g/mol. The first kappa shape index (κ1) is 11.3. The van der Waals surface area contributed by atoms with Gasteiger partial charge in [-0.1, -0.05) is 30.3 Å². The summed E-state index contributed by atoms with van der Waals surface area (Å²) < 4.78 is 6.54. The van der Waals surface area contributed by atoms with E-state index in [1.165, 1.54) is 5.56 Å². The Bertz CT molecular complexity index is 507. The van der Waals surface area contributed by atoms with Gasteiger partial charge in [-0.3, -0.25) is 4.52 Å². The highest BCUT2D eigenvalue weighted by Gasteiger charge is 2.19. The predicted octanol–water partition coefficient (Wildman–Crippen LogP) is 2.09. The van der Waals surface area contributed by atoms with Gasteiger partial charge in [-0.15, -0.1) is 5.11 Å². The molecule has 1 heterocycles. The zero-order valence-corrected chi connectivity index (χ0v) is 9.41. The minimum absolute atomic E-state index is 0.160. The molecular formula is C11H12N4O2. The maximum Gasteiger partial charge on any atom is 0.342 e. The summed E-state index contributed by atoms with van der Waals surface area (Å²) in [4.78, 5) is 0. The summed E-state index contributed by atoms with van der Waals surface area (Å²) in [7, 11) is 0. The van der Waals surface area contributed by atoms with Gasteiger partial charge in [0.05, 0.1) is 0 Å². The first-order valence-electron chi connectivity index (χ1n) is 5.25. The Morgan fingerprint density at radius 3 is 2.82 bits per heavy atom. The number of nitrogens with zero attached hydrogens (tertiary/aromatic N) is 4. The molecule has 0 saturated heterocycles. The highest BCUT2D eigenvalue weighted by Crippen LogP contribution is 2.13. The molecule has 0 fully saturated rings. The molecule has 1 aromatic carbocycles. The Morgan fingerprint density at radius 1 is 1.35 bits per heavy atom. The van der Waals surface area contributed by atoms with Gasteiger partial charge in [-0.05, 0) is 10.2 Å². The van der Waals surface area contributed by atoms with Crippen LogP contribution in [0.15, 0.2) is 45.2 Å². The molecule has 2 aromatic rings. The van der Waals surface area contributed by atoms with Gasteiger partial charge in [-0.25, -0.2) is 5.28 Å². The van der Waals surface area contributed by atoms with Gasteiger partial charge in [-0.2, -0.15) is 0 Å². The molecule has 0 aliphatic carbocycles. The summed E-state index contributed by atoms with van der Waals surface area (Å²) in [6, 6.07) is 10.1. The second kappa shape index (κ2) is 5.20. The van der Waals surface area contributed by atoms with Crippen LogP contribution in [0.5, 0.6) is 0 Å². The topological polar surface area (TPSA) is 77.7 Å². The number of hydrogen-bond donors (Lipinski definition) is 0. The van der Waals surface area contributed by atoms with Crippen LogP contribution in [0.1, 0.15) is 11.3 Å². The minimum atomic E-state index is 0.160. The Balaban J connectivity index is 2.05. The normalized spacial score (nSPS) is 11.1. The van der Waals surface area contributed by atoms with Crippen LogP contribution >= 0.6 is 0 Å². The summed E-state index contributed by atoms with van der Waals surface area (Å²) in [6.07, 6.45) is 0.840. The van der Waals surface area contributed by atoms with Crippen molar-refractivity contribution < 1.29 is 9.20 Å². The van der Waals surface area contributed by atoms with E-state index in [0.29, 0.717) is 12.2 Å². The number of aromatic nitrogens is 2. The minimum Gasteiger partial charge on any atom is -0.775 e. The van der Waals surface area contributed by atoms with Gasteiger partial charge in [0.25, 0.3) is 5.69 Å². The molecule has 0 atom stereocenters. The average molecular weight is 232 g/mol. The quantitative estimate of drug-likeness (QED) is 0.460. The molecule has 0 spiro atoms. The van der Waals surface area contributed by atoms with E-state index in [4.69, 9.17) is 4.52 Å². The fourth-order valence-electron chi connectivity index (χ4n) is 1.54. The summed E-state index contributed by atoms with van der Waals surface area (Å²) in [5.74, 6) is 0.160. The third-order valence-electron chi connectivity index (χ3n) is 2.51. The van der Waals surface area contributed by atoms with Crippen molar-refractivity contribution in [2.24, 2.45) is 10.4 Å². The van der Waals surface area contributed by atoms with E-state index in [1.54, 1.807) is 11.6 Å². The maximum atomic E-state index is 10.0. The number of benzene rings is 1. The Labute approximate surface area is 98.1 Å². The van der Waals surface area contributed by atoms with Gasteiger partial charge in [0.1, 0.15) is 0 Å². The lowest BCUT2D eigenvalue weighted by molar-refractivity contribution is -0.766. The number of hydrogen-bond acceptors (Lipinski definition) is 5. The molecule has 1 aromatic heterocycles. The first-order valence-corrected chi connectivity index (χ1v) is 5.25. The van der Waals surface area contributed by atoms with Gasteiger partial charge < -0.3 is 5.21 Å². The SMILES string of the molecule is Cc1c(/N=N/[O-])on[n+]1CCc1ccccc1. The second-order valence-electron chi connectivity index (χ2n) is 3.60. The predicted molar refractivity (Wildman–Crippen MR) is 59.5 cm³/mol. The van der Waals surface area contributed by atoms with E-state index in [-0.39, 0.29) is 5.88 Å². The van der Waals surface area contributed by atoms with Crippen LogP contribution in [-0.2, 0) is 13.0 Å².